The fourth-order valence-electron chi connectivity index (χ4n) is 3.50. The standard InChI is InChI=1S/C22H24ClN3O2S2/c1-15(2)10-25-30(27,28)26-12-18-8-17-11-24-21(23)9-19(17)22(20(18)13-26)29-14-16-6-4-3-5-7-16/h3-9,11,15,25H,10,12-14H2,1-2H3. The SMILES string of the molecule is CC(C)CNS(=O)(=O)N1Cc2cc3cnc(Cl)cc3c(SCc3ccccc3)c2C1. The van der Waals surface area contributed by atoms with Crippen molar-refractivity contribution < 1.29 is 8.42 Å². The summed E-state index contributed by atoms with van der Waals surface area (Å²) in [5, 5.41) is 2.43. The topological polar surface area (TPSA) is 62.3 Å². The Labute approximate surface area is 187 Å². The van der Waals surface area contributed by atoms with E-state index in [0.717, 1.165) is 32.5 Å². The third kappa shape index (κ3) is 4.65. The van der Waals surface area contributed by atoms with Gasteiger partial charge in [-0.05, 0) is 34.7 Å². The van der Waals surface area contributed by atoms with Gasteiger partial charge in [0.1, 0.15) is 5.15 Å². The number of benzene rings is 2. The minimum absolute atomic E-state index is 0.248. The Hall–Kier alpha value is -1.64. The van der Waals surface area contributed by atoms with Crippen LogP contribution in [-0.4, -0.2) is 24.3 Å². The molecule has 0 atom stereocenters. The van der Waals surface area contributed by atoms with E-state index < -0.39 is 10.2 Å². The van der Waals surface area contributed by atoms with Gasteiger partial charge in [-0.15, -0.1) is 11.8 Å². The van der Waals surface area contributed by atoms with Crippen LogP contribution in [0.15, 0.2) is 53.6 Å². The number of rotatable bonds is 7. The van der Waals surface area contributed by atoms with Gasteiger partial charge < -0.3 is 0 Å². The highest BCUT2D eigenvalue weighted by molar-refractivity contribution is 7.98. The van der Waals surface area contributed by atoms with E-state index in [1.165, 1.54) is 9.87 Å². The first kappa shape index (κ1) is 21.6. The van der Waals surface area contributed by atoms with E-state index in [9.17, 15) is 8.42 Å². The van der Waals surface area contributed by atoms with Crippen LogP contribution in [0.25, 0.3) is 10.8 Å². The lowest BCUT2D eigenvalue weighted by atomic mass is 10.0. The first-order chi connectivity index (χ1) is 14.3. The minimum Gasteiger partial charge on any atom is -0.244 e. The summed E-state index contributed by atoms with van der Waals surface area (Å²) in [5.74, 6) is 1.04. The van der Waals surface area contributed by atoms with Gasteiger partial charge in [0.2, 0.25) is 0 Å². The summed E-state index contributed by atoms with van der Waals surface area (Å²) in [7, 11) is -3.54. The lowest BCUT2D eigenvalue weighted by molar-refractivity contribution is 0.417. The Bertz CT molecular complexity index is 1170. The molecular weight excluding hydrogens is 438 g/mol. The van der Waals surface area contributed by atoms with E-state index in [1.807, 2.05) is 44.2 Å². The maximum atomic E-state index is 12.8. The van der Waals surface area contributed by atoms with Gasteiger partial charge in [-0.1, -0.05) is 55.8 Å². The highest BCUT2D eigenvalue weighted by atomic mass is 35.5. The average Bonchev–Trinajstić information content (AvgIpc) is 3.15. The summed E-state index contributed by atoms with van der Waals surface area (Å²) < 4.78 is 29.9. The summed E-state index contributed by atoms with van der Waals surface area (Å²) >= 11 is 7.91. The molecule has 0 unspecified atom stereocenters. The van der Waals surface area contributed by atoms with E-state index >= 15 is 0 Å². The molecule has 0 amide bonds. The number of hydrogen-bond acceptors (Lipinski definition) is 4. The molecular formula is C22H24ClN3O2S2. The van der Waals surface area contributed by atoms with Crippen LogP contribution in [0.4, 0.5) is 0 Å². The molecule has 2 heterocycles. The van der Waals surface area contributed by atoms with Crippen molar-refractivity contribution in [2.24, 2.45) is 5.92 Å². The van der Waals surface area contributed by atoms with Crippen molar-refractivity contribution in [1.29, 1.82) is 0 Å². The van der Waals surface area contributed by atoms with Gasteiger partial charge in [-0.25, -0.2) is 9.71 Å². The Morgan fingerprint density at radius 3 is 2.70 bits per heavy atom. The smallest absolute Gasteiger partial charge is 0.244 e. The third-order valence-corrected chi connectivity index (χ3v) is 7.97. The van der Waals surface area contributed by atoms with Crippen molar-refractivity contribution in [3.63, 3.8) is 0 Å². The Kier molecular flexibility index (Phi) is 6.36. The highest BCUT2D eigenvalue weighted by Crippen LogP contribution is 2.40. The molecule has 1 aliphatic rings. The number of thioether (sulfide) groups is 1. The minimum atomic E-state index is -3.54. The van der Waals surface area contributed by atoms with Gasteiger partial charge in [0.15, 0.2) is 0 Å². The number of pyridine rings is 1. The van der Waals surface area contributed by atoms with Crippen molar-refractivity contribution in [2.45, 2.75) is 37.6 Å². The summed E-state index contributed by atoms with van der Waals surface area (Å²) in [6, 6.07) is 14.2. The van der Waals surface area contributed by atoms with E-state index in [1.54, 1.807) is 18.0 Å². The zero-order valence-electron chi connectivity index (χ0n) is 16.9. The molecule has 0 saturated carbocycles. The quantitative estimate of drug-likeness (QED) is 0.398. The molecule has 0 saturated heterocycles. The van der Waals surface area contributed by atoms with Gasteiger partial charge in [-0.2, -0.15) is 12.7 Å². The zero-order chi connectivity index (χ0) is 21.3. The lowest BCUT2D eigenvalue weighted by Crippen LogP contribution is -2.39. The number of fused-ring (bicyclic) bond motifs is 2. The Balaban J connectivity index is 1.70. The Morgan fingerprint density at radius 2 is 1.97 bits per heavy atom. The van der Waals surface area contributed by atoms with E-state index in [4.69, 9.17) is 11.6 Å². The van der Waals surface area contributed by atoms with E-state index in [2.05, 4.69) is 21.8 Å². The summed E-state index contributed by atoms with van der Waals surface area (Å²) in [6.45, 7) is 5.12. The van der Waals surface area contributed by atoms with Crippen LogP contribution in [0.5, 0.6) is 0 Å². The number of aromatic nitrogens is 1. The van der Waals surface area contributed by atoms with Crippen molar-refractivity contribution in [3.05, 3.63) is 70.5 Å². The molecule has 3 aromatic rings. The van der Waals surface area contributed by atoms with Crippen LogP contribution in [0.2, 0.25) is 5.15 Å². The van der Waals surface area contributed by atoms with Crippen molar-refractivity contribution in [2.75, 3.05) is 6.54 Å². The van der Waals surface area contributed by atoms with Crippen LogP contribution < -0.4 is 4.72 Å². The molecule has 0 fully saturated rings. The number of nitrogens with zero attached hydrogens (tertiary/aromatic N) is 2. The van der Waals surface area contributed by atoms with Gasteiger partial charge >= 0.3 is 0 Å². The molecule has 2 aromatic carbocycles. The maximum Gasteiger partial charge on any atom is 0.280 e. The highest BCUT2D eigenvalue weighted by Gasteiger charge is 2.31. The van der Waals surface area contributed by atoms with E-state index in [-0.39, 0.29) is 5.92 Å². The molecule has 0 spiro atoms. The molecule has 5 nitrogen and oxygen atoms in total. The fourth-order valence-corrected chi connectivity index (χ4v) is 6.20. The zero-order valence-corrected chi connectivity index (χ0v) is 19.3. The van der Waals surface area contributed by atoms with Crippen LogP contribution in [-0.2, 0) is 29.1 Å². The monoisotopic (exact) mass is 461 g/mol. The molecule has 30 heavy (non-hydrogen) atoms. The lowest BCUT2D eigenvalue weighted by Gasteiger charge is -2.17. The molecule has 0 bridgehead atoms. The van der Waals surface area contributed by atoms with E-state index in [0.29, 0.717) is 24.8 Å². The number of hydrogen-bond donors (Lipinski definition) is 1. The molecule has 1 aliphatic heterocycles. The molecule has 4 rings (SSSR count). The van der Waals surface area contributed by atoms with Crippen molar-refractivity contribution >= 4 is 44.3 Å². The fraction of sp³-hybridized carbons (Fsp3) is 0.318. The first-order valence-electron chi connectivity index (χ1n) is 9.85. The number of nitrogens with one attached hydrogen (secondary N) is 1. The second-order valence-electron chi connectivity index (χ2n) is 7.86. The molecule has 0 radical (unpaired) electrons. The predicted molar refractivity (Wildman–Crippen MR) is 124 cm³/mol. The molecule has 1 aromatic heterocycles. The molecule has 0 aliphatic carbocycles. The second kappa shape index (κ2) is 8.85. The van der Waals surface area contributed by atoms with Crippen LogP contribution in [0.1, 0.15) is 30.5 Å². The van der Waals surface area contributed by atoms with Crippen LogP contribution in [0, 0.1) is 5.92 Å². The predicted octanol–water partition coefficient (Wildman–Crippen LogP) is 4.99. The Morgan fingerprint density at radius 1 is 1.20 bits per heavy atom. The van der Waals surface area contributed by atoms with Crippen molar-refractivity contribution in [1.82, 2.24) is 14.0 Å². The van der Waals surface area contributed by atoms with Crippen molar-refractivity contribution in [3.8, 4) is 0 Å². The van der Waals surface area contributed by atoms with Crippen LogP contribution >= 0.6 is 23.4 Å². The van der Waals surface area contributed by atoms with Gasteiger partial charge in [-0.3, -0.25) is 0 Å². The van der Waals surface area contributed by atoms with Crippen LogP contribution in [0.3, 0.4) is 0 Å². The summed E-state index contributed by atoms with van der Waals surface area (Å²) in [6.07, 6.45) is 1.76. The molecule has 158 valence electrons. The van der Waals surface area contributed by atoms with Gasteiger partial charge in [0, 0.05) is 47.3 Å². The molecule has 8 heteroatoms. The third-order valence-electron chi connectivity index (χ3n) is 5.06. The summed E-state index contributed by atoms with van der Waals surface area (Å²) in [4.78, 5) is 5.30. The number of halogens is 1. The normalized spacial score (nSPS) is 14.5. The largest absolute Gasteiger partial charge is 0.280 e. The first-order valence-corrected chi connectivity index (χ1v) is 12.7. The maximum absolute atomic E-state index is 12.8. The van der Waals surface area contributed by atoms with Gasteiger partial charge in [0.05, 0.1) is 0 Å². The summed E-state index contributed by atoms with van der Waals surface area (Å²) in [5.41, 5.74) is 3.30. The molecule has 1 N–H and O–H groups in total. The second-order valence-corrected chi connectivity index (χ2v) is 11.0. The average molecular weight is 462 g/mol. The van der Waals surface area contributed by atoms with Gasteiger partial charge in [0.25, 0.3) is 10.2 Å².